The molecule has 2 aliphatic rings. The lowest BCUT2D eigenvalue weighted by Crippen LogP contribution is -2.27. The van der Waals surface area contributed by atoms with Crippen LogP contribution < -0.4 is 10.4 Å². The Kier molecular flexibility index (Phi) is 1.53. The molecule has 1 heterocycles. The molecule has 0 spiro atoms. The van der Waals surface area contributed by atoms with Gasteiger partial charge in [0.05, 0.1) is 12.1 Å². The van der Waals surface area contributed by atoms with Crippen molar-refractivity contribution in [3.8, 4) is 0 Å². The van der Waals surface area contributed by atoms with Gasteiger partial charge in [-0.1, -0.05) is 47.6 Å². The minimum Gasteiger partial charge on any atom is -0.360 e. The minimum absolute atomic E-state index is 0.204. The first-order valence-corrected chi connectivity index (χ1v) is 4.63. The summed E-state index contributed by atoms with van der Waals surface area (Å²) in [6.45, 7) is 0. The number of oxime groups is 1. The largest absolute Gasteiger partial charge is 0.360 e. The molecule has 0 radical (unpaired) electrons. The highest BCUT2D eigenvalue weighted by atomic mass is 16.6. The van der Waals surface area contributed by atoms with Crippen molar-refractivity contribution in [1.29, 1.82) is 0 Å². The van der Waals surface area contributed by atoms with Crippen LogP contribution in [0, 0.1) is 5.92 Å². The standard InChI is InChI=1S/C12H9NO/c1-2-7-11-9(4-1)5-3-6-10-8-13-14-12(10)11/h1-8,10H. The minimum atomic E-state index is 0.204. The zero-order valence-corrected chi connectivity index (χ0v) is 7.55. The molecule has 0 N–H and O–H groups in total. The Morgan fingerprint density at radius 3 is 3.14 bits per heavy atom. The van der Waals surface area contributed by atoms with E-state index in [0.717, 1.165) is 11.0 Å². The number of fused-ring (bicyclic) bond motifs is 2. The molecule has 1 aliphatic carbocycles. The second kappa shape index (κ2) is 2.84. The van der Waals surface area contributed by atoms with Gasteiger partial charge in [-0.25, -0.2) is 0 Å². The molecule has 68 valence electrons. The van der Waals surface area contributed by atoms with E-state index in [1.165, 1.54) is 5.22 Å². The van der Waals surface area contributed by atoms with Crippen molar-refractivity contribution >= 4 is 18.0 Å². The Balaban J connectivity index is 2.43. The topological polar surface area (TPSA) is 21.6 Å². The van der Waals surface area contributed by atoms with E-state index in [2.05, 4.69) is 35.5 Å². The van der Waals surface area contributed by atoms with Crippen LogP contribution in [0.5, 0.6) is 0 Å². The number of hydrogen-bond acceptors (Lipinski definition) is 2. The number of allylic oxidation sites excluding steroid dienone is 1. The van der Waals surface area contributed by atoms with Crippen molar-refractivity contribution in [3.05, 3.63) is 46.9 Å². The lowest BCUT2D eigenvalue weighted by molar-refractivity contribution is 0.300. The smallest absolute Gasteiger partial charge is 0.155 e. The van der Waals surface area contributed by atoms with Crippen molar-refractivity contribution in [1.82, 2.24) is 0 Å². The first-order valence-electron chi connectivity index (χ1n) is 4.63. The van der Waals surface area contributed by atoms with Crippen LogP contribution in [0.15, 0.2) is 41.6 Å². The lowest BCUT2D eigenvalue weighted by Gasteiger charge is -2.00. The Morgan fingerprint density at radius 2 is 2.14 bits per heavy atom. The van der Waals surface area contributed by atoms with Crippen molar-refractivity contribution in [2.24, 2.45) is 11.1 Å². The maximum Gasteiger partial charge on any atom is 0.155 e. The van der Waals surface area contributed by atoms with Gasteiger partial charge < -0.3 is 4.84 Å². The summed E-state index contributed by atoms with van der Waals surface area (Å²) in [5.41, 5.74) is 0. The zero-order valence-electron chi connectivity index (χ0n) is 7.55. The van der Waals surface area contributed by atoms with Crippen LogP contribution in [0.3, 0.4) is 0 Å². The summed E-state index contributed by atoms with van der Waals surface area (Å²) in [7, 11) is 0. The molecule has 0 amide bonds. The predicted molar refractivity (Wildman–Crippen MR) is 55.8 cm³/mol. The van der Waals surface area contributed by atoms with Gasteiger partial charge in [0.2, 0.25) is 0 Å². The monoisotopic (exact) mass is 183 g/mol. The maximum atomic E-state index is 5.28. The third-order valence-electron chi connectivity index (χ3n) is 2.50. The van der Waals surface area contributed by atoms with Crippen molar-refractivity contribution in [3.63, 3.8) is 0 Å². The fourth-order valence-corrected chi connectivity index (χ4v) is 1.79. The van der Waals surface area contributed by atoms with Gasteiger partial charge in [-0.2, -0.15) is 0 Å². The molecular formula is C12H9NO. The summed E-state index contributed by atoms with van der Waals surface area (Å²) in [5.74, 6) is 1.14. The molecule has 3 rings (SSSR count). The van der Waals surface area contributed by atoms with Crippen molar-refractivity contribution in [2.45, 2.75) is 0 Å². The van der Waals surface area contributed by atoms with E-state index >= 15 is 0 Å². The van der Waals surface area contributed by atoms with Crippen LogP contribution in [0.4, 0.5) is 0 Å². The van der Waals surface area contributed by atoms with E-state index in [1.54, 1.807) is 0 Å². The van der Waals surface area contributed by atoms with E-state index in [0.29, 0.717) is 0 Å². The van der Waals surface area contributed by atoms with Crippen LogP contribution in [0.25, 0.3) is 11.8 Å². The third-order valence-corrected chi connectivity index (χ3v) is 2.50. The summed E-state index contributed by atoms with van der Waals surface area (Å²) in [6, 6.07) is 8.19. The van der Waals surface area contributed by atoms with Crippen LogP contribution in [0.2, 0.25) is 0 Å². The molecule has 0 fully saturated rings. The highest BCUT2D eigenvalue weighted by Crippen LogP contribution is 2.19. The van der Waals surface area contributed by atoms with Crippen LogP contribution in [-0.4, -0.2) is 6.21 Å². The van der Waals surface area contributed by atoms with Crippen LogP contribution >= 0.6 is 0 Å². The summed E-state index contributed by atoms with van der Waals surface area (Å²) < 4.78 is 0. The van der Waals surface area contributed by atoms with E-state index in [1.807, 2.05) is 18.3 Å². The summed E-state index contributed by atoms with van der Waals surface area (Å²) in [6.07, 6.45) is 8.06. The number of benzene rings is 1. The highest BCUT2D eigenvalue weighted by molar-refractivity contribution is 5.79. The first-order chi connectivity index (χ1) is 6.95. The van der Waals surface area contributed by atoms with Gasteiger partial charge in [0.25, 0.3) is 0 Å². The molecule has 14 heavy (non-hydrogen) atoms. The molecule has 1 aliphatic heterocycles. The number of rotatable bonds is 0. The molecule has 1 aromatic rings. The van der Waals surface area contributed by atoms with Crippen LogP contribution in [0.1, 0.15) is 0 Å². The SMILES string of the molecule is C1=CC2C=NOC2=c2ccccc2=C1. The van der Waals surface area contributed by atoms with E-state index in [-0.39, 0.29) is 5.92 Å². The Bertz CT molecular complexity index is 540. The molecule has 1 atom stereocenters. The van der Waals surface area contributed by atoms with Crippen molar-refractivity contribution in [2.75, 3.05) is 0 Å². The molecular weight excluding hydrogens is 174 g/mol. The van der Waals surface area contributed by atoms with Gasteiger partial charge >= 0.3 is 0 Å². The van der Waals surface area contributed by atoms with Gasteiger partial charge in [0, 0.05) is 5.22 Å². The molecule has 1 aromatic carbocycles. The van der Waals surface area contributed by atoms with Crippen molar-refractivity contribution < 1.29 is 4.84 Å². The maximum absolute atomic E-state index is 5.28. The number of hydrogen-bond donors (Lipinski definition) is 0. The molecule has 2 nitrogen and oxygen atoms in total. The Labute approximate surface area is 81.5 Å². The lowest BCUT2D eigenvalue weighted by atomic mass is 10.1. The molecule has 1 unspecified atom stereocenters. The normalized spacial score (nSPS) is 22.0. The molecule has 0 saturated carbocycles. The van der Waals surface area contributed by atoms with Gasteiger partial charge in [0.15, 0.2) is 5.76 Å². The number of nitrogens with zero attached hydrogens (tertiary/aromatic N) is 1. The Hall–Kier alpha value is -1.83. The quantitative estimate of drug-likeness (QED) is 0.582. The first kappa shape index (κ1) is 7.56. The summed E-state index contributed by atoms with van der Waals surface area (Å²) in [5, 5.41) is 6.17. The second-order valence-corrected chi connectivity index (χ2v) is 3.37. The van der Waals surface area contributed by atoms with Gasteiger partial charge in [-0.3, -0.25) is 0 Å². The zero-order chi connectivity index (χ0) is 9.38. The van der Waals surface area contributed by atoms with Gasteiger partial charge in [-0.05, 0) is 5.22 Å². The molecule has 0 bridgehead atoms. The Morgan fingerprint density at radius 1 is 1.21 bits per heavy atom. The second-order valence-electron chi connectivity index (χ2n) is 3.37. The molecule has 0 saturated heterocycles. The summed E-state index contributed by atoms with van der Waals surface area (Å²) >= 11 is 0. The van der Waals surface area contributed by atoms with Gasteiger partial charge in [-0.15, -0.1) is 0 Å². The van der Waals surface area contributed by atoms with E-state index in [9.17, 15) is 0 Å². The molecule has 2 heteroatoms. The van der Waals surface area contributed by atoms with E-state index < -0.39 is 0 Å². The molecule has 0 aromatic heterocycles. The van der Waals surface area contributed by atoms with Crippen LogP contribution in [-0.2, 0) is 4.84 Å². The van der Waals surface area contributed by atoms with Gasteiger partial charge in [0.1, 0.15) is 0 Å². The highest BCUT2D eigenvalue weighted by Gasteiger charge is 2.18. The predicted octanol–water partition coefficient (Wildman–Crippen LogP) is 0.777. The fraction of sp³-hybridized carbons (Fsp3) is 0.0833. The average molecular weight is 183 g/mol. The third kappa shape index (κ3) is 1.01. The average Bonchev–Trinajstić information content (AvgIpc) is 2.61. The fourth-order valence-electron chi connectivity index (χ4n) is 1.79. The van der Waals surface area contributed by atoms with E-state index in [4.69, 9.17) is 4.84 Å². The summed E-state index contributed by atoms with van der Waals surface area (Å²) in [4.78, 5) is 5.28.